The van der Waals surface area contributed by atoms with Crippen LogP contribution in [0.25, 0.3) is 0 Å². The number of carbonyl (C=O) groups is 3. The molecule has 0 unspecified atom stereocenters. The van der Waals surface area contributed by atoms with Crippen LogP contribution < -0.4 is 10.6 Å². The van der Waals surface area contributed by atoms with E-state index < -0.39 is 11.9 Å². The quantitative estimate of drug-likeness (QED) is 0.814. The van der Waals surface area contributed by atoms with E-state index in [9.17, 15) is 18.8 Å². The molecule has 0 radical (unpaired) electrons. The molecule has 0 aromatic heterocycles. The third kappa shape index (κ3) is 4.54. The summed E-state index contributed by atoms with van der Waals surface area (Å²) in [5, 5.41) is 5.35. The Balaban J connectivity index is 1.43. The van der Waals surface area contributed by atoms with E-state index in [1.807, 2.05) is 4.90 Å². The van der Waals surface area contributed by atoms with Gasteiger partial charge in [0.05, 0.1) is 6.54 Å². The first-order valence-electron chi connectivity index (χ1n) is 8.37. The SMILES string of the molecule is O=C(CN1CCN(C(=O)[C@H]2CCC(=O)N2)CC1)Nc1cccc(F)c1. The van der Waals surface area contributed by atoms with E-state index in [0.717, 1.165) is 0 Å². The van der Waals surface area contributed by atoms with Crippen LogP contribution in [0.3, 0.4) is 0 Å². The van der Waals surface area contributed by atoms with Crippen LogP contribution in [0.5, 0.6) is 0 Å². The van der Waals surface area contributed by atoms with Gasteiger partial charge in [-0.2, -0.15) is 0 Å². The molecule has 8 heteroatoms. The summed E-state index contributed by atoms with van der Waals surface area (Å²) in [6.45, 7) is 2.42. The molecule has 3 rings (SSSR count). The van der Waals surface area contributed by atoms with Gasteiger partial charge in [-0.1, -0.05) is 6.07 Å². The van der Waals surface area contributed by atoms with Crippen molar-refractivity contribution >= 4 is 23.4 Å². The number of halogens is 1. The molecule has 2 fully saturated rings. The van der Waals surface area contributed by atoms with E-state index in [2.05, 4.69) is 10.6 Å². The van der Waals surface area contributed by atoms with Crippen molar-refractivity contribution in [3.8, 4) is 0 Å². The fraction of sp³-hybridized carbons (Fsp3) is 0.471. The van der Waals surface area contributed by atoms with Crippen LogP contribution in [0.1, 0.15) is 12.8 Å². The first-order valence-corrected chi connectivity index (χ1v) is 8.37. The first-order chi connectivity index (χ1) is 12.0. The summed E-state index contributed by atoms with van der Waals surface area (Å²) in [4.78, 5) is 39.3. The molecule has 2 aliphatic rings. The first kappa shape index (κ1) is 17.3. The molecule has 2 aliphatic heterocycles. The Morgan fingerprint density at radius 1 is 1.24 bits per heavy atom. The lowest BCUT2D eigenvalue weighted by atomic mass is 10.2. The Morgan fingerprint density at radius 2 is 2.00 bits per heavy atom. The van der Waals surface area contributed by atoms with Crippen molar-refractivity contribution in [1.82, 2.24) is 15.1 Å². The van der Waals surface area contributed by atoms with Crippen molar-refractivity contribution in [2.45, 2.75) is 18.9 Å². The molecule has 2 N–H and O–H groups in total. The van der Waals surface area contributed by atoms with Crippen LogP contribution in [-0.2, 0) is 14.4 Å². The smallest absolute Gasteiger partial charge is 0.245 e. The van der Waals surface area contributed by atoms with E-state index in [4.69, 9.17) is 0 Å². The highest BCUT2D eigenvalue weighted by atomic mass is 19.1. The molecule has 134 valence electrons. The van der Waals surface area contributed by atoms with Crippen molar-refractivity contribution in [1.29, 1.82) is 0 Å². The van der Waals surface area contributed by atoms with Crippen LogP contribution in [0.4, 0.5) is 10.1 Å². The number of hydrogen-bond acceptors (Lipinski definition) is 4. The third-order valence-electron chi connectivity index (χ3n) is 4.45. The number of nitrogens with zero attached hydrogens (tertiary/aromatic N) is 2. The molecule has 0 spiro atoms. The summed E-state index contributed by atoms with van der Waals surface area (Å²) in [7, 11) is 0. The van der Waals surface area contributed by atoms with Crippen LogP contribution in [0.2, 0.25) is 0 Å². The van der Waals surface area contributed by atoms with Crippen LogP contribution >= 0.6 is 0 Å². The van der Waals surface area contributed by atoms with Crippen LogP contribution in [-0.4, -0.2) is 66.3 Å². The zero-order chi connectivity index (χ0) is 17.8. The fourth-order valence-electron chi connectivity index (χ4n) is 3.12. The highest BCUT2D eigenvalue weighted by Crippen LogP contribution is 2.13. The van der Waals surface area contributed by atoms with Gasteiger partial charge in [0.2, 0.25) is 17.7 Å². The van der Waals surface area contributed by atoms with Crippen molar-refractivity contribution in [3.05, 3.63) is 30.1 Å². The number of nitrogens with one attached hydrogen (secondary N) is 2. The van der Waals surface area contributed by atoms with Crippen molar-refractivity contribution in [2.75, 3.05) is 38.0 Å². The standard InChI is InChI=1S/C17H21FN4O3/c18-12-2-1-3-13(10-12)19-16(24)11-21-6-8-22(9-7-21)17(25)14-4-5-15(23)20-14/h1-3,10,14H,4-9,11H2,(H,19,24)(H,20,23)/t14-/m1/s1. The van der Waals surface area contributed by atoms with Gasteiger partial charge in [0, 0.05) is 38.3 Å². The molecule has 7 nitrogen and oxygen atoms in total. The number of carbonyl (C=O) groups excluding carboxylic acids is 3. The summed E-state index contributed by atoms with van der Waals surface area (Å²) < 4.78 is 13.1. The zero-order valence-corrected chi connectivity index (χ0v) is 13.8. The number of piperazine rings is 1. The summed E-state index contributed by atoms with van der Waals surface area (Å²) in [6.07, 6.45) is 0.949. The van der Waals surface area contributed by atoms with Gasteiger partial charge in [-0.05, 0) is 24.6 Å². The molecule has 2 heterocycles. The second-order valence-corrected chi connectivity index (χ2v) is 6.32. The van der Waals surface area contributed by atoms with Crippen molar-refractivity contribution in [2.24, 2.45) is 0 Å². The Kier molecular flexibility index (Phi) is 5.28. The minimum atomic E-state index is -0.407. The van der Waals surface area contributed by atoms with Gasteiger partial charge in [0.25, 0.3) is 0 Å². The van der Waals surface area contributed by atoms with Crippen LogP contribution in [0.15, 0.2) is 24.3 Å². The van der Waals surface area contributed by atoms with Crippen molar-refractivity contribution in [3.63, 3.8) is 0 Å². The van der Waals surface area contributed by atoms with Gasteiger partial charge in [-0.15, -0.1) is 0 Å². The van der Waals surface area contributed by atoms with Crippen molar-refractivity contribution < 1.29 is 18.8 Å². The van der Waals surface area contributed by atoms with Gasteiger partial charge in [-0.25, -0.2) is 4.39 Å². The number of amides is 3. The van der Waals surface area contributed by atoms with Gasteiger partial charge in [0.15, 0.2) is 0 Å². The fourth-order valence-corrected chi connectivity index (χ4v) is 3.12. The third-order valence-corrected chi connectivity index (χ3v) is 4.45. The van der Waals surface area contributed by atoms with E-state index in [1.165, 1.54) is 18.2 Å². The minimum Gasteiger partial charge on any atom is -0.344 e. The second kappa shape index (κ2) is 7.60. The molecular formula is C17H21FN4O3. The molecule has 3 amide bonds. The maximum absolute atomic E-state index is 13.1. The molecule has 2 saturated heterocycles. The molecule has 1 aromatic carbocycles. The minimum absolute atomic E-state index is 0.0466. The molecule has 1 atom stereocenters. The average molecular weight is 348 g/mol. The summed E-state index contributed by atoms with van der Waals surface area (Å²) in [5.41, 5.74) is 0.427. The Labute approximate surface area is 145 Å². The number of hydrogen-bond donors (Lipinski definition) is 2. The molecule has 1 aromatic rings. The Morgan fingerprint density at radius 3 is 2.64 bits per heavy atom. The molecular weight excluding hydrogens is 327 g/mol. The van der Waals surface area contributed by atoms with E-state index in [-0.39, 0.29) is 24.3 Å². The monoisotopic (exact) mass is 348 g/mol. The summed E-state index contributed by atoms with van der Waals surface area (Å²) >= 11 is 0. The van der Waals surface area contributed by atoms with E-state index >= 15 is 0 Å². The molecule has 0 bridgehead atoms. The molecule has 0 saturated carbocycles. The largest absolute Gasteiger partial charge is 0.344 e. The highest BCUT2D eigenvalue weighted by molar-refractivity contribution is 5.92. The normalized spacial score (nSPS) is 21.1. The lowest BCUT2D eigenvalue weighted by molar-refractivity contribution is -0.136. The lowest BCUT2D eigenvalue weighted by Gasteiger charge is -2.35. The maximum atomic E-state index is 13.1. The second-order valence-electron chi connectivity index (χ2n) is 6.32. The molecule has 25 heavy (non-hydrogen) atoms. The van der Waals surface area contributed by atoms with Gasteiger partial charge in [-0.3, -0.25) is 19.3 Å². The highest BCUT2D eigenvalue weighted by Gasteiger charge is 2.32. The topological polar surface area (TPSA) is 81.8 Å². The van der Waals surface area contributed by atoms with Gasteiger partial charge < -0.3 is 15.5 Å². The van der Waals surface area contributed by atoms with E-state index in [0.29, 0.717) is 44.7 Å². The maximum Gasteiger partial charge on any atom is 0.245 e. The van der Waals surface area contributed by atoms with E-state index in [1.54, 1.807) is 11.0 Å². The predicted octanol–water partition coefficient (Wildman–Crippen LogP) is 0.187. The summed E-state index contributed by atoms with van der Waals surface area (Å²) in [5.74, 6) is -0.738. The Bertz CT molecular complexity index is 674. The number of benzene rings is 1. The average Bonchev–Trinajstić information content (AvgIpc) is 3.01. The van der Waals surface area contributed by atoms with Crippen LogP contribution in [0, 0.1) is 5.82 Å². The van der Waals surface area contributed by atoms with Gasteiger partial charge in [0.1, 0.15) is 11.9 Å². The zero-order valence-electron chi connectivity index (χ0n) is 13.8. The summed E-state index contributed by atoms with van der Waals surface area (Å²) in [6, 6.07) is 5.35. The Hall–Kier alpha value is -2.48. The predicted molar refractivity (Wildman–Crippen MR) is 89.2 cm³/mol. The van der Waals surface area contributed by atoms with Gasteiger partial charge >= 0.3 is 0 Å². The number of rotatable bonds is 4. The molecule has 0 aliphatic carbocycles. The number of anilines is 1. The lowest BCUT2D eigenvalue weighted by Crippen LogP contribution is -2.54.